The molecule has 3 aromatic rings. The first-order valence-corrected chi connectivity index (χ1v) is 9.45. The van der Waals surface area contributed by atoms with Crippen molar-refractivity contribution in [1.29, 1.82) is 0 Å². The van der Waals surface area contributed by atoms with E-state index in [0.717, 1.165) is 55.2 Å². The molecule has 28 heavy (non-hydrogen) atoms. The Labute approximate surface area is 164 Å². The number of anilines is 1. The Bertz CT molecular complexity index is 901. The molecule has 7 heteroatoms. The van der Waals surface area contributed by atoms with Crippen molar-refractivity contribution in [1.82, 2.24) is 20.2 Å². The molecular weight excluding hydrogens is 352 g/mol. The maximum Gasteiger partial charge on any atom is 0.225 e. The molecule has 0 saturated carbocycles. The molecule has 0 spiro atoms. The predicted octanol–water partition coefficient (Wildman–Crippen LogP) is 2.63. The lowest BCUT2D eigenvalue weighted by molar-refractivity contribution is 0.367. The molecule has 144 valence electrons. The van der Waals surface area contributed by atoms with Crippen LogP contribution in [-0.2, 0) is 6.54 Å². The number of piperazine rings is 1. The summed E-state index contributed by atoms with van der Waals surface area (Å²) in [4.78, 5) is 17.5. The highest BCUT2D eigenvalue weighted by Gasteiger charge is 2.21. The quantitative estimate of drug-likeness (QED) is 0.558. The Morgan fingerprint density at radius 1 is 1.00 bits per heavy atom. The minimum Gasteiger partial charge on any atom is -0.459 e. The van der Waals surface area contributed by atoms with E-state index in [2.05, 4.69) is 30.1 Å². The number of hydrogen-bond donors (Lipinski definition) is 1. The van der Waals surface area contributed by atoms with Gasteiger partial charge in [0, 0.05) is 51.2 Å². The van der Waals surface area contributed by atoms with Gasteiger partial charge < -0.3 is 19.5 Å². The lowest BCUT2D eigenvalue weighted by atomic mass is 10.2. The maximum atomic E-state index is 5.97. The molecule has 2 aromatic heterocycles. The predicted molar refractivity (Wildman–Crippen MR) is 110 cm³/mol. The van der Waals surface area contributed by atoms with Gasteiger partial charge in [-0.2, -0.15) is 0 Å². The number of hydrogen-bond acceptors (Lipinski definition) is 5. The minimum atomic E-state index is 0.599. The Hall–Kier alpha value is -3.35. The van der Waals surface area contributed by atoms with Gasteiger partial charge in [-0.25, -0.2) is 9.97 Å². The van der Waals surface area contributed by atoms with Crippen LogP contribution in [0.3, 0.4) is 0 Å². The third-order valence-corrected chi connectivity index (χ3v) is 4.77. The molecule has 1 aliphatic heterocycles. The van der Waals surface area contributed by atoms with Crippen LogP contribution in [-0.4, -0.2) is 54.1 Å². The van der Waals surface area contributed by atoms with Crippen LogP contribution in [0, 0.1) is 0 Å². The monoisotopic (exact) mass is 376 g/mol. The highest BCUT2D eigenvalue weighted by Crippen LogP contribution is 2.21. The molecule has 0 aliphatic carbocycles. The fourth-order valence-electron chi connectivity index (χ4n) is 3.30. The zero-order chi connectivity index (χ0) is 19.2. The zero-order valence-corrected chi connectivity index (χ0v) is 16.0. The zero-order valence-electron chi connectivity index (χ0n) is 16.0. The van der Waals surface area contributed by atoms with E-state index < -0.39 is 0 Å². The van der Waals surface area contributed by atoms with Gasteiger partial charge in [0.05, 0.1) is 6.54 Å². The van der Waals surface area contributed by atoms with E-state index in [1.165, 1.54) is 0 Å². The van der Waals surface area contributed by atoms with Gasteiger partial charge in [-0.3, -0.25) is 4.99 Å². The SMILES string of the molecule is CN=C(NCc1ccc(-c2ccccc2)o1)N1CCN(c2ncccn2)CC1. The van der Waals surface area contributed by atoms with Crippen LogP contribution in [0.2, 0.25) is 0 Å². The summed E-state index contributed by atoms with van der Waals surface area (Å²) in [6.07, 6.45) is 3.56. The first kappa shape index (κ1) is 18.0. The maximum absolute atomic E-state index is 5.97. The highest BCUT2D eigenvalue weighted by molar-refractivity contribution is 5.80. The second-order valence-corrected chi connectivity index (χ2v) is 6.56. The lowest BCUT2D eigenvalue weighted by Crippen LogP contribution is -2.52. The van der Waals surface area contributed by atoms with Crippen molar-refractivity contribution in [3.05, 3.63) is 66.7 Å². The summed E-state index contributed by atoms with van der Waals surface area (Å²) in [5.41, 5.74) is 1.08. The van der Waals surface area contributed by atoms with Crippen LogP contribution in [0.1, 0.15) is 5.76 Å². The van der Waals surface area contributed by atoms with E-state index in [-0.39, 0.29) is 0 Å². The Morgan fingerprint density at radius 2 is 1.75 bits per heavy atom. The first-order valence-electron chi connectivity index (χ1n) is 9.45. The largest absolute Gasteiger partial charge is 0.459 e. The standard InChI is InChI=1S/C21H24N6O/c1-22-20(26-12-14-27(15-13-26)21-23-10-5-11-24-21)25-16-18-8-9-19(28-18)17-6-3-2-4-7-17/h2-11H,12-16H2,1H3,(H,22,25). The molecule has 0 radical (unpaired) electrons. The molecule has 7 nitrogen and oxygen atoms in total. The van der Waals surface area contributed by atoms with Gasteiger partial charge >= 0.3 is 0 Å². The average molecular weight is 376 g/mol. The molecule has 0 unspecified atom stereocenters. The molecule has 0 atom stereocenters. The summed E-state index contributed by atoms with van der Waals surface area (Å²) in [6, 6.07) is 16.0. The number of rotatable bonds is 4. The van der Waals surface area contributed by atoms with Gasteiger partial charge in [-0.05, 0) is 18.2 Å². The van der Waals surface area contributed by atoms with Crippen LogP contribution in [0.25, 0.3) is 11.3 Å². The van der Waals surface area contributed by atoms with Gasteiger partial charge in [0.1, 0.15) is 11.5 Å². The molecule has 4 rings (SSSR count). The van der Waals surface area contributed by atoms with Gasteiger partial charge in [0.15, 0.2) is 5.96 Å². The van der Waals surface area contributed by atoms with Crippen LogP contribution < -0.4 is 10.2 Å². The number of furan rings is 1. The van der Waals surface area contributed by atoms with E-state index >= 15 is 0 Å². The van der Waals surface area contributed by atoms with Crippen molar-refractivity contribution in [2.45, 2.75) is 6.54 Å². The summed E-state index contributed by atoms with van der Waals surface area (Å²) in [5, 5.41) is 3.41. The molecule has 1 fully saturated rings. The molecular formula is C21H24N6O. The van der Waals surface area contributed by atoms with E-state index in [4.69, 9.17) is 4.42 Å². The summed E-state index contributed by atoms with van der Waals surface area (Å²) < 4.78 is 5.97. The summed E-state index contributed by atoms with van der Waals surface area (Å²) >= 11 is 0. The van der Waals surface area contributed by atoms with Gasteiger partial charge in [0.2, 0.25) is 5.95 Å². The van der Waals surface area contributed by atoms with Crippen LogP contribution in [0.15, 0.2) is 70.3 Å². The fourth-order valence-corrected chi connectivity index (χ4v) is 3.30. The number of nitrogens with zero attached hydrogens (tertiary/aromatic N) is 5. The van der Waals surface area contributed by atoms with Crippen LogP contribution in [0.5, 0.6) is 0 Å². The molecule has 1 saturated heterocycles. The van der Waals surface area contributed by atoms with E-state index in [1.54, 1.807) is 12.4 Å². The summed E-state index contributed by atoms with van der Waals surface area (Å²) in [7, 11) is 1.81. The Kier molecular flexibility index (Phi) is 5.51. The molecule has 0 amide bonds. The van der Waals surface area contributed by atoms with Crippen LogP contribution in [0.4, 0.5) is 5.95 Å². The Balaban J connectivity index is 1.32. The fraction of sp³-hybridized carbons (Fsp3) is 0.286. The molecule has 1 N–H and O–H groups in total. The summed E-state index contributed by atoms with van der Waals surface area (Å²) in [6.45, 7) is 4.06. The van der Waals surface area contributed by atoms with Crippen molar-refractivity contribution in [2.75, 3.05) is 38.1 Å². The van der Waals surface area contributed by atoms with Crippen molar-refractivity contribution < 1.29 is 4.42 Å². The van der Waals surface area contributed by atoms with E-state index in [9.17, 15) is 0 Å². The molecule has 1 aliphatic rings. The minimum absolute atomic E-state index is 0.599. The summed E-state index contributed by atoms with van der Waals surface area (Å²) in [5.74, 6) is 3.43. The first-order chi connectivity index (χ1) is 13.8. The van der Waals surface area contributed by atoms with Crippen molar-refractivity contribution >= 4 is 11.9 Å². The van der Waals surface area contributed by atoms with E-state index in [1.807, 2.05) is 55.6 Å². The van der Waals surface area contributed by atoms with Crippen LogP contribution >= 0.6 is 0 Å². The Morgan fingerprint density at radius 3 is 2.46 bits per heavy atom. The van der Waals surface area contributed by atoms with Crippen molar-refractivity contribution in [3.63, 3.8) is 0 Å². The van der Waals surface area contributed by atoms with Crippen molar-refractivity contribution in [2.24, 2.45) is 4.99 Å². The molecule has 1 aromatic carbocycles. The average Bonchev–Trinajstić information content (AvgIpc) is 3.25. The number of nitrogens with one attached hydrogen (secondary N) is 1. The second kappa shape index (κ2) is 8.56. The van der Waals surface area contributed by atoms with Gasteiger partial charge in [-0.1, -0.05) is 30.3 Å². The second-order valence-electron chi connectivity index (χ2n) is 6.56. The number of aliphatic imine (C=N–C) groups is 1. The smallest absolute Gasteiger partial charge is 0.225 e. The third kappa shape index (κ3) is 4.14. The van der Waals surface area contributed by atoms with Gasteiger partial charge in [-0.15, -0.1) is 0 Å². The number of guanidine groups is 1. The van der Waals surface area contributed by atoms with Gasteiger partial charge in [0.25, 0.3) is 0 Å². The van der Waals surface area contributed by atoms with E-state index in [0.29, 0.717) is 6.54 Å². The van der Waals surface area contributed by atoms with Crippen molar-refractivity contribution in [3.8, 4) is 11.3 Å². The number of benzene rings is 1. The molecule has 0 bridgehead atoms. The highest BCUT2D eigenvalue weighted by atomic mass is 16.3. The number of aromatic nitrogens is 2. The lowest BCUT2D eigenvalue weighted by Gasteiger charge is -2.36. The molecule has 3 heterocycles. The topological polar surface area (TPSA) is 69.8 Å². The normalized spacial score (nSPS) is 15.0. The third-order valence-electron chi connectivity index (χ3n) is 4.77.